The molecule has 0 bridgehead atoms. The third kappa shape index (κ3) is 6.01. The van der Waals surface area contributed by atoms with Gasteiger partial charge in [-0.05, 0) is 0 Å². The van der Waals surface area contributed by atoms with Gasteiger partial charge in [0.2, 0.25) is 0 Å². The van der Waals surface area contributed by atoms with Crippen molar-refractivity contribution >= 4 is 24.9 Å². The van der Waals surface area contributed by atoms with E-state index in [1.165, 1.54) is 69.9 Å². The van der Waals surface area contributed by atoms with Crippen molar-refractivity contribution in [1.29, 1.82) is 0 Å². The number of hydrogen-bond donors (Lipinski definition) is 0. The predicted octanol–water partition coefficient (Wildman–Crippen LogP) is 5.91. The zero-order chi connectivity index (χ0) is 20.6. The van der Waals surface area contributed by atoms with Gasteiger partial charge in [0.1, 0.15) is 0 Å². The van der Waals surface area contributed by atoms with Crippen molar-refractivity contribution in [3.63, 3.8) is 0 Å². The van der Waals surface area contributed by atoms with Crippen LogP contribution in [0.2, 0.25) is 3.43 Å². The summed E-state index contributed by atoms with van der Waals surface area (Å²) in [4.78, 5) is 0. The zero-order valence-electron chi connectivity index (χ0n) is 17.7. The van der Waals surface area contributed by atoms with Gasteiger partial charge in [-0.25, -0.2) is 0 Å². The van der Waals surface area contributed by atoms with Gasteiger partial charge in [0.15, 0.2) is 0 Å². The van der Waals surface area contributed by atoms with Gasteiger partial charge in [-0.15, -0.1) is 0 Å². The Balaban J connectivity index is 2.33. The average molecular weight is 496 g/mol. The summed E-state index contributed by atoms with van der Waals surface area (Å²) < 4.78 is 30.6. The fraction of sp³-hybridized carbons (Fsp3) is 0.636. The van der Waals surface area contributed by atoms with Gasteiger partial charge in [0.25, 0.3) is 0 Å². The number of aromatic nitrogens is 3. The van der Waals surface area contributed by atoms with Crippen molar-refractivity contribution in [2.24, 2.45) is 0 Å². The first-order valence-electron chi connectivity index (χ1n) is 10.6. The van der Waals surface area contributed by atoms with Crippen LogP contribution in [0.25, 0.3) is 5.69 Å². The summed E-state index contributed by atoms with van der Waals surface area (Å²) in [6, 6.07) is 3.62. The fourth-order valence-corrected chi connectivity index (χ4v) is 8.79. The molecule has 0 aliphatic rings. The number of rotatable bonds is 12. The van der Waals surface area contributed by atoms with E-state index in [0.29, 0.717) is 3.43 Å². The number of hydrogen-bond acceptors (Lipinski definition) is 2. The molecule has 0 aliphatic carbocycles. The predicted molar refractivity (Wildman–Crippen MR) is 113 cm³/mol. The Morgan fingerprint density at radius 2 is 1.54 bits per heavy atom. The van der Waals surface area contributed by atoms with E-state index in [1.807, 2.05) is 6.92 Å². The van der Waals surface area contributed by atoms with Crippen LogP contribution in [0.5, 0.6) is 0 Å². The van der Waals surface area contributed by atoms with Crippen LogP contribution in [0.1, 0.15) is 84.3 Å². The molecule has 0 saturated heterocycles. The van der Waals surface area contributed by atoms with Crippen molar-refractivity contribution in [2.45, 2.75) is 88.9 Å². The second kappa shape index (κ2) is 11.3. The number of benzene rings is 1. The van der Waals surface area contributed by atoms with Crippen LogP contribution in [-0.2, 0) is 0 Å². The number of unbranched alkanes of at least 4 members (excludes halogenated alkanes) is 3. The first-order valence-corrected chi connectivity index (χ1v) is 13.5. The summed E-state index contributed by atoms with van der Waals surface area (Å²) in [5.74, 6) is -1.17. The fourth-order valence-electron chi connectivity index (χ4n) is 3.69. The summed E-state index contributed by atoms with van der Waals surface area (Å²) in [6.45, 7) is 8.75. The van der Waals surface area contributed by atoms with Crippen LogP contribution < -0.4 is 3.71 Å². The van der Waals surface area contributed by atoms with E-state index in [2.05, 4.69) is 31.1 Å². The topological polar surface area (TPSA) is 30.7 Å². The van der Waals surface area contributed by atoms with Crippen LogP contribution in [0.3, 0.4) is 0 Å². The van der Waals surface area contributed by atoms with Gasteiger partial charge >= 0.3 is 179 Å². The molecule has 3 nitrogen and oxygen atoms in total. The van der Waals surface area contributed by atoms with Gasteiger partial charge in [-0.1, -0.05) is 0 Å². The molecule has 0 spiro atoms. The van der Waals surface area contributed by atoms with Crippen LogP contribution in [0.4, 0.5) is 8.78 Å². The SMILES string of the molecule is CCCC[C](CCCC)(CCCC)[Sn][c]1nnn(-c2ccc(F)cc2F)c1C. The quantitative estimate of drug-likeness (QED) is 0.342. The molecule has 0 N–H and O–H groups in total. The molecule has 1 heterocycles. The third-order valence-electron chi connectivity index (χ3n) is 5.44. The van der Waals surface area contributed by atoms with E-state index in [1.54, 1.807) is 4.68 Å². The first kappa shape index (κ1) is 23.3. The molecule has 154 valence electrons. The van der Waals surface area contributed by atoms with E-state index in [0.717, 1.165) is 15.5 Å². The Morgan fingerprint density at radius 1 is 0.964 bits per heavy atom. The van der Waals surface area contributed by atoms with E-state index in [9.17, 15) is 8.78 Å². The number of nitrogens with zero attached hydrogens (tertiary/aromatic N) is 3. The van der Waals surface area contributed by atoms with Gasteiger partial charge in [-0.3, -0.25) is 0 Å². The molecule has 0 aliphatic heterocycles. The normalized spacial score (nSPS) is 11.9. The van der Waals surface area contributed by atoms with Crippen molar-refractivity contribution in [3.8, 4) is 5.69 Å². The van der Waals surface area contributed by atoms with Gasteiger partial charge in [-0.2, -0.15) is 0 Å². The molecule has 2 aromatic rings. The Morgan fingerprint density at radius 3 is 2.04 bits per heavy atom. The Bertz CT molecular complexity index is 724. The maximum atomic E-state index is 14.2. The molecule has 28 heavy (non-hydrogen) atoms. The van der Waals surface area contributed by atoms with E-state index < -0.39 is 32.8 Å². The molecule has 0 atom stereocenters. The van der Waals surface area contributed by atoms with Crippen molar-refractivity contribution in [1.82, 2.24) is 15.0 Å². The molecule has 6 heteroatoms. The molecule has 0 saturated carbocycles. The summed E-state index contributed by atoms with van der Waals surface area (Å²) >= 11 is -1.04. The summed E-state index contributed by atoms with van der Waals surface area (Å²) in [6.07, 6.45) is 11.2. The molecule has 2 radical (unpaired) electrons. The molecule has 0 amide bonds. The van der Waals surface area contributed by atoms with Gasteiger partial charge in [0.05, 0.1) is 0 Å². The monoisotopic (exact) mass is 497 g/mol. The van der Waals surface area contributed by atoms with E-state index >= 15 is 0 Å². The minimum absolute atomic E-state index is 0.276. The second-order valence-corrected chi connectivity index (χ2v) is 12.8. The van der Waals surface area contributed by atoms with Crippen LogP contribution in [0, 0.1) is 18.6 Å². The van der Waals surface area contributed by atoms with Crippen molar-refractivity contribution in [3.05, 3.63) is 35.5 Å². The average Bonchev–Trinajstić information content (AvgIpc) is 3.03. The summed E-state index contributed by atoms with van der Waals surface area (Å²) in [5, 5.41) is 8.74. The molecule has 2 rings (SSSR count). The molecular weight excluding hydrogens is 463 g/mol. The van der Waals surface area contributed by atoms with Gasteiger partial charge < -0.3 is 0 Å². The minimum atomic E-state index is -1.04. The molecular formula is C22H33F2N3Sn. The van der Waals surface area contributed by atoms with Crippen LogP contribution >= 0.6 is 0 Å². The third-order valence-corrected chi connectivity index (χ3v) is 11.1. The summed E-state index contributed by atoms with van der Waals surface area (Å²) in [5.41, 5.74) is 1.20. The Labute approximate surface area is 178 Å². The molecule has 1 aromatic carbocycles. The standard InChI is InChI=1S/C13H27.C9H6F2N3.Sn/c1-4-7-10-13(11-8-5-2)12-9-6-3;1-6-5-12-13-14(6)9-3-2-7(10)4-8(9)11;/h4-12H2,1-3H3;2-4H,1H3;. The Kier molecular flexibility index (Phi) is 9.38. The Hall–Kier alpha value is -0.981. The van der Waals surface area contributed by atoms with E-state index in [-0.39, 0.29) is 5.69 Å². The first-order chi connectivity index (χ1) is 13.5. The maximum absolute atomic E-state index is 14.2. The van der Waals surface area contributed by atoms with Gasteiger partial charge in [0, 0.05) is 0 Å². The van der Waals surface area contributed by atoms with Crippen LogP contribution in [-0.4, -0.2) is 36.1 Å². The van der Waals surface area contributed by atoms with E-state index in [4.69, 9.17) is 0 Å². The summed E-state index contributed by atoms with van der Waals surface area (Å²) in [7, 11) is 0. The van der Waals surface area contributed by atoms with Crippen molar-refractivity contribution in [2.75, 3.05) is 0 Å². The molecule has 0 fully saturated rings. The molecule has 0 unspecified atom stereocenters. The molecule has 1 aromatic heterocycles. The second-order valence-electron chi connectivity index (χ2n) is 7.75. The van der Waals surface area contributed by atoms with Crippen LogP contribution in [0.15, 0.2) is 18.2 Å². The number of halogens is 2. The zero-order valence-corrected chi connectivity index (χ0v) is 20.5. The van der Waals surface area contributed by atoms with Crippen molar-refractivity contribution < 1.29 is 8.78 Å².